The molecule has 0 atom stereocenters. The lowest BCUT2D eigenvalue weighted by atomic mass is 9.86. The lowest BCUT2D eigenvalue weighted by Gasteiger charge is -2.37. The van der Waals surface area contributed by atoms with Gasteiger partial charge in [-0.25, -0.2) is 20.0 Å². The Balaban J connectivity index is 1.51. The summed E-state index contributed by atoms with van der Waals surface area (Å²) in [5.74, 6) is 0. The third-order valence-corrected chi connectivity index (χ3v) is 9.23. The molecule has 0 unspecified atom stereocenters. The minimum Gasteiger partial charge on any atom is -0.243 e. The van der Waals surface area contributed by atoms with Gasteiger partial charge in [-0.3, -0.25) is 0 Å². The van der Waals surface area contributed by atoms with E-state index < -0.39 is 11.3 Å². The van der Waals surface area contributed by atoms with Gasteiger partial charge >= 0.3 is 0 Å². The van der Waals surface area contributed by atoms with Crippen LogP contribution in [0.1, 0.15) is 32.7 Å². The maximum atomic E-state index is 5.69. The maximum absolute atomic E-state index is 5.69. The van der Waals surface area contributed by atoms with Crippen LogP contribution in [0.4, 0.5) is 0 Å². The molecule has 2 aliphatic rings. The van der Waals surface area contributed by atoms with E-state index in [1.54, 1.807) is 11.3 Å². The minimum absolute atomic E-state index is 0.821. The van der Waals surface area contributed by atoms with E-state index >= 15 is 0 Å². The molecular formula is C40H28N4S. The fraction of sp³-hybridized carbons (Fsp3) is 0.0500. The van der Waals surface area contributed by atoms with Crippen molar-refractivity contribution >= 4 is 34.2 Å². The summed E-state index contributed by atoms with van der Waals surface area (Å²) in [4.78, 5) is 23.7. The molecule has 5 aromatic carbocycles. The quantitative estimate of drug-likeness (QED) is 0.177. The van der Waals surface area contributed by atoms with E-state index in [0.717, 1.165) is 55.5 Å². The van der Waals surface area contributed by atoms with Crippen molar-refractivity contribution in [3.8, 4) is 0 Å². The van der Waals surface area contributed by atoms with Gasteiger partial charge in [-0.2, -0.15) is 0 Å². The summed E-state index contributed by atoms with van der Waals surface area (Å²) < 4.78 is 0. The Morgan fingerprint density at radius 1 is 0.333 bits per heavy atom. The van der Waals surface area contributed by atoms with Crippen molar-refractivity contribution in [3.63, 3.8) is 0 Å². The Kier molecular flexibility index (Phi) is 6.73. The molecule has 1 aromatic heterocycles. The number of hydrogen-bond acceptors (Lipinski definition) is 5. The predicted octanol–water partition coefficient (Wildman–Crippen LogP) is 8.74. The van der Waals surface area contributed by atoms with Gasteiger partial charge in [0, 0.05) is 27.8 Å². The second kappa shape index (κ2) is 11.2. The number of thiophene rings is 1. The van der Waals surface area contributed by atoms with Gasteiger partial charge in [-0.1, -0.05) is 158 Å². The van der Waals surface area contributed by atoms with Crippen LogP contribution in [0.15, 0.2) is 189 Å². The van der Waals surface area contributed by atoms with Gasteiger partial charge in [0.15, 0.2) is 0 Å². The van der Waals surface area contributed by atoms with E-state index in [0.29, 0.717) is 0 Å². The highest BCUT2D eigenvalue weighted by Crippen LogP contribution is 2.55. The standard InChI is InChI=1S/C40H28N4S/c1-6-17-29(18-7-1)35-36(30-19-8-2-9-20-30)42-39(41-35,33-25-14-5-15-26-33)40(34-27-16-28-45-34)43-37(31-21-10-3-11-22-31)38(44-40)32-23-12-4-13-24-32/h1-28H. The highest BCUT2D eigenvalue weighted by Gasteiger charge is 2.61. The fourth-order valence-corrected chi connectivity index (χ4v) is 7.03. The second-order valence-corrected chi connectivity index (χ2v) is 11.9. The van der Waals surface area contributed by atoms with Crippen molar-refractivity contribution < 1.29 is 0 Å². The number of rotatable bonds is 7. The highest BCUT2D eigenvalue weighted by atomic mass is 32.1. The number of hydrogen-bond donors (Lipinski definition) is 0. The SMILES string of the molecule is c1ccc(C2=NC(c3ccccc3)(C3(c4cccs4)N=C(c4ccccc4)C(c4ccccc4)=N3)N=C2c2ccccc2)cc1. The molecule has 0 saturated heterocycles. The molecular weight excluding hydrogens is 569 g/mol. The first-order valence-electron chi connectivity index (χ1n) is 15.0. The van der Waals surface area contributed by atoms with Gasteiger partial charge in [0.25, 0.3) is 0 Å². The van der Waals surface area contributed by atoms with Crippen LogP contribution in [-0.4, -0.2) is 22.8 Å². The molecule has 45 heavy (non-hydrogen) atoms. The van der Waals surface area contributed by atoms with Crippen LogP contribution in [0.3, 0.4) is 0 Å². The van der Waals surface area contributed by atoms with E-state index in [4.69, 9.17) is 20.0 Å². The van der Waals surface area contributed by atoms with Crippen LogP contribution >= 0.6 is 11.3 Å². The Bertz CT molecular complexity index is 1950. The maximum Gasteiger partial charge on any atom is 0.235 e. The Morgan fingerprint density at radius 3 is 1.00 bits per heavy atom. The van der Waals surface area contributed by atoms with Crippen LogP contribution in [0, 0.1) is 0 Å². The zero-order chi connectivity index (χ0) is 30.1. The first-order valence-corrected chi connectivity index (χ1v) is 15.9. The first-order chi connectivity index (χ1) is 22.3. The van der Waals surface area contributed by atoms with Crippen molar-refractivity contribution in [2.45, 2.75) is 11.3 Å². The van der Waals surface area contributed by atoms with E-state index in [-0.39, 0.29) is 0 Å². The van der Waals surface area contributed by atoms with Crippen molar-refractivity contribution in [1.82, 2.24) is 0 Å². The average Bonchev–Trinajstić information content (AvgIpc) is 3.90. The highest BCUT2D eigenvalue weighted by molar-refractivity contribution is 7.10. The van der Waals surface area contributed by atoms with Crippen LogP contribution in [0.2, 0.25) is 0 Å². The largest absolute Gasteiger partial charge is 0.243 e. The summed E-state index contributed by atoms with van der Waals surface area (Å²) in [6.45, 7) is 0. The third-order valence-electron chi connectivity index (χ3n) is 8.26. The predicted molar refractivity (Wildman–Crippen MR) is 186 cm³/mol. The van der Waals surface area contributed by atoms with Gasteiger partial charge < -0.3 is 0 Å². The van der Waals surface area contributed by atoms with Gasteiger partial charge in [0.2, 0.25) is 11.3 Å². The molecule has 0 amide bonds. The molecule has 0 bridgehead atoms. The summed E-state index contributed by atoms with van der Waals surface area (Å²) in [7, 11) is 0. The number of benzene rings is 5. The molecule has 0 radical (unpaired) electrons. The fourth-order valence-electron chi connectivity index (χ4n) is 6.17. The Morgan fingerprint density at radius 2 is 0.667 bits per heavy atom. The average molecular weight is 597 g/mol. The van der Waals surface area contributed by atoms with Gasteiger partial charge in [0.05, 0.1) is 27.7 Å². The lowest BCUT2D eigenvalue weighted by Crippen LogP contribution is -2.42. The molecule has 214 valence electrons. The number of nitrogens with zero attached hydrogens (tertiary/aromatic N) is 4. The van der Waals surface area contributed by atoms with Crippen LogP contribution in [-0.2, 0) is 11.3 Å². The molecule has 0 fully saturated rings. The van der Waals surface area contributed by atoms with E-state index in [9.17, 15) is 0 Å². The Labute approximate surface area is 266 Å². The van der Waals surface area contributed by atoms with Crippen molar-refractivity contribution in [3.05, 3.63) is 202 Å². The molecule has 0 N–H and O–H groups in total. The minimum atomic E-state index is -1.23. The Hall–Kier alpha value is -5.52. The number of aliphatic imine (C=N–C) groups is 4. The van der Waals surface area contributed by atoms with Crippen molar-refractivity contribution in [2.75, 3.05) is 0 Å². The zero-order valence-corrected chi connectivity index (χ0v) is 25.2. The molecule has 5 heteroatoms. The summed E-state index contributed by atoms with van der Waals surface area (Å²) in [5.41, 5.74) is 5.76. The van der Waals surface area contributed by atoms with Crippen LogP contribution in [0.25, 0.3) is 0 Å². The van der Waals surface area contributed by atoms with Gasteiger partial charge in [-0.15, -0.1) is 11.3 Å². The lowest BCUT2D eigenvalue weighted by molar-refractivity contribution is 0.262. The molecule has 4 nitrogen and oxygen atoms in total. The molecule has 0 aliphatic carbocycles. The van der Waals surface area contributed by atoms with Crippen LogP contribution < -0.4 is 0 Å². The smallest absolute Gasteiger partial charge is 0.235 e. The first kappa shape index (κ1) is 27.1. The van der Waals surface area contributed by atoms with Crippen LogP contribution in [0.5, 0.6) is 0 Å². The normalized spacial score (nSPS) is 16.4. The zero-order valence-electron chi connectivity index (χ0n) is 24.4. The van der Waals surface area contributed by atoms with E-state index in [1.165, 1.54) is 0 Å². The molecule has 6 aromatic rings. The summed E-state index contributed by atoms with van der Waals surface area (Å²) in [5, 5.41) is 2.09. The van der Waals surface area contributed by atoms with Gasteiger partial charge in [-0.05, 0) is 11.4 Å². The summed E-state index contributed by atoms with van der Waals surface area (Å²) >= 11 is 1.63. The van der Waals surface area contributed by atoms with Crippen molar-refractivity contribution in [2.24, 2.45) is 20.0 Å². The van der Waals surface area contributed by atoms with Gasteiger partial charge in [0.1, 0.15) is 0 Å². The molecule has 8 rings (SSSR count). The molecule has 0 saturated carbocycles. The van der Waals surface area contributed by atoms with E-state index in [2.05, 4.69) is 78.2 Å². The molecule has 2 aliphatic heterocycles. The topological polar surface area (TPSA) is 49.4 Å². The monoisotopic (exact) mass is 596 g/mol. The summed E-state index contributed by atoms with van der Waals surface area (Å²) in [6, 6.07) is 55.8. The second-order valence-electron chi connectivity index (χ2n) is 11.0. The van der Waals surface area contributed by atoms with Crippen molar-refractivity contribution in [1.29, 1.82) is 0 Å². The molecule has 0 spiro atoms. The van der Waals surface area contributed by atoms with E-state index in [1.807, 2.05) is 91.0 Å². The summed E-state index contributed by atoms with van der Waals surface area (Å²) in [6.07, 6.45) is 0. The molecule has 3 heterocycles. The third kappa shape index (κ3) is 4.52.